The van der Waals surface area contributed by atoms with Gasteiger partial charge in [0, 0.05) is 35.8 Å². The third-order valence-corrected chi connectivity index (χ3v) is 8.00. The highest BCUT2D eigenvalue weighted by Crippen LogP contribution is 2.43. The summed E-state index contributed by atoms with van der Waals surface area (Å²) in [5.41, 5.74) is -2.89. The zero-order chi connectivity index (χ0) is 27.3. The number of alkyl halides is 3. The van der Waals surface area contributed by atoms with E-state index in [2.05, 4.69) is 15.3 Å². The first kappa shape index (κ1) is 27.5. The highest BCUT2D eigenvalue weighted by atomic mass is 32.1. The molecule has 7 nitrogen and oxygen atoms in total. The predicted octanol–water partition coefficient (Wildman–Crippen LogP) is 5.79. The molecule has 4 rings (SSSR count). The molecule has 1 aliphatic heterocycles. The van der Waals surface area contributed by atoms with Crippen LogP contribution in [0.4, 0.5) is 19.0 Å². The number of anilines is 1. The summed E-state index contributed by atoms with van der Waals surface area (Å²) in [5.74, 6) is -1.29. The lowest BCUT2D eigenvalue weighted by atomic mass is 9.99. The molecule has 37 heavy (non-hydrogen) atoms. The van der Waals surface area contributed by atoms with Gasteiger partial charge in [-0.2, -0.15) is 13.2 Å². The van der Waals surface area contributed by atoms with Crippen LogP contribution in [0.15, 0.2) is 12.3 Å². The first-order valence-corrected chi connectivity index (χ1v) is 13.3. The van der Waals surface area contributed by atoms with Gasteiger partial charge in [0.05, 0.1) is 16.0 Å². The van der Waals surface area contributed by atoms with E-state index in [-0.39, 0.29) is 45.2 Å². The Morgan fingerprint density at radius 1 is 1.24 bits per heavy atom. The fraction of sp³-hybridized carbons (Fsp3) is 0.615. The maximum absolute atomic E-state index is 14.3. The van der Waals surface area contributed by atoms with E-state index in [1.54, 1.807) is 11.8 Å². The highest BCUT2D eigenvalue weighted by Gasteiger charge is 2.41. The number of ketones is 1. The SMILES string of the molecule is C[C@H]1CCCN1C(=O)c1nc(C(=O)C2CC[C@](C)(O)C2)sc1-c1cnc(NC(C)(C)C)cc1C(F)(F)F. The van der Waals surface area contributed by atoms with Gasteiger partial charge in [-0.25, -0.2) is 9.97 Å². The second-order valence-electron chi connectivity index (χ2n) is 11.5. The van der Waals surface area contributed by atoms with E-state index in [0.717, 1.165) is 36.4 Å². The average Bonchev–Trinajstić information content (AvgIpc) is 3.49. The second-order valence-corrected chi connectivity index (χ2v) is 12.5. The third-order valence-electron chi connectivity index (χ3n) is 6.90. The van der Waals surface area contributed by atoms with Crippen molar-refractivity contribution >= 4 is 28.8 Å². The molecule has 11 heteroatoms. The molecule has 1 saturated heterocycles. The number of pyridine rings is 1. The number of carbonyl (C=O) groups excluding carboxylic acids is 2. The molecule has 2 aliphatic rings. The number of likely N-dealkylation sites (tertiary alicyclic amines) is 1. The van der Waals surface area contributed by atoms with Gasteiger partial charge < -0.3 is 15.3 Å². The predicted molar refractivity (Wildman–Crippen MR) is 136 cm³/mol. The number of nitrogens with zero attached hydrogens (tertiary/aromatic N) is 3. The Bertz CT molecular complexity index is 1200. The van der Waals surface area contributed by atoms with E-state index in [9.17, 15) is 27.9 Å². The minimum absolute atomic E-state index is 0.0145. The van der Waals surface area contributed by atoms with Crippen molar-refractivity contribution in [2.24, 2.45) is 5.92 Å². The molecule has 2 N–H and O–H groups in total. The van der Waals surface area contributed by atoms with Crippen LogP contribution in [-0.2, 0) is 6.18 Å². The van der Waals surface area contributed by atoms with Crippen LogP contribution in [0.3, 0.4) is 0 Å². The molecular formula is C26H33F3N4O3S. The summed E-state index contributed by atoms with van der Waals surface area (Å²) >= 11 is 0.795. The number of carbonyl (C=O) groups is 2. The number of rotatable bonds is 5. The van der Waals surface area contributed by atoms with E-state index in [1.807, 2.05) is 27.7 Å². The largest absolute Gasteiger partial charge is 0.417 e. The average molecular weight is 539 g/mol. The first-order valence-electron chi connectivity index (χ1n) is 12.5. The number of hydrogen-bond acceptors (Lipinski definition) is 7. The molecule has 2 fully saturated rings. The van der Waals surface area contributed by atoms with Gasteiger partial charge in [0.15, 0.2) is 10.8 Å². The number of aliphatic hydroxyl groups is 1. The number of nitrogens with one attached hydrogen (secondary N) is 1. The van der Waals surface area contributed by atoms with E-state index in [0.29, 0.717) is 19.4 Å². The van der Waals surface area contributed by atoms with Crippen LogP contribution in [0.1, 0.15) is 92.6 Å². The van der Waals surface area contributed by atoms with E-state index < -0.39 is 34.7 Å². The monoisotopic (exact) mass is 538 g/mol. The van der Waals surface area contributed by atoms with E-state index in [1.165, 1.54) is 0 Å². The number of halogens is 3. The second kappa shape index (κ2) is 9.65. The van der Waals surface area contributed by atoms with Gasteiger partial charge in [-0.05, 0) is 72.8 Å². The summed E-state index contributed by atoms with van der Waals surface area (Å²) in [6, 6.07) is 0.854. The molecule has 1 aliphatic carbocycles. The van der Waals surface area contributed by atoms with Gasteiger partial charge in [-0.15, -0.1) is 11.3 Å². The van der Waals surface area contributed by atoms with Crippen molar-refractivity contribution < 1.29 is 27.9 Å². The molecule has 2 aromatic rings. The van der Waals surface area contributed by atoms with Crippen LogP contribution >= 0.6 is 11.3 Å². The summed E-state index contributed by atoms with van der Waals surface area (Å²) in [6.45, 7) is 9.46. The summed E-state index contributed by atoms with van der Waals surface area (Å²) in [7, 11) is 0. The molecule has 0 bridgehead atoms. The summed E-state index contributed by atoms with van der Waals surface area (Å²) in [6.07, 6.45) is -0.904. The Morgan fingerprint density at radius 2 is 1.95 bits per heavy atom. The van der Waals surface area contributed by atoms with Gasteiger partial charge in [0.2, 0.25) is 0 Å². The Balaban J connectivity index is 1.83. The minimum atomic E-state index is -4.73. The number of hydrogen-bond donors (Lipinski definition) is 2. The number of thiazole rings is 1. The van der Waals surface area contributed by atoms with Crippen LogP contribution in [0.2, 0.25) is 0 Å². The maximum Gasteiger partial charge on any atom is 0.417 e. The molecule has 2 aromatic heterocycles. The van der Waals surface area contributed by atoms with Crippen molar-refractivity contribution in [3.63, 3.8) is 0 Å². The molecular weight excluding hydrogens is 505 g/mol. The lowest BCUT2D eigenvalue weighted by molar-refractivity contribution is -0.137. The Kier molecular flexibility index (Phi) is 7.17. The van der Waals surface area contributed by atoms with Gasteiger partial charge >= 0.3 is 6.18 Å². The molecule has 1 amide bonds. The number of aromatic nitrogens is 2. The maximum atomic E-state index is 14.3. The molecule has 202 valence electrons. The van der Waals surface area contributed by atoms with Crippen LogP contribution in [0.5, 0.6) is 0 Å². The lowest BCUT2D eigenvalue weighted by Crippen LogP contribution is -2.34. The molecule has 0 radical (unpaired) electrons. The van der Waals surface area contributed by atoms with Crippen molar-refractivity contribution in [3.8, 4) is 10.4 Å². The Labute approximate surface area is 218 Å². The summed E-state index contributed by atoms with van der Waals surface area (Å²) < 4.78 is 42.8. The van der Waals surface area contributed by atoms with Crippen LogP contribution in [-0.4, -0.2) is 55.4 Å². The van der Waals surface area contributed by atoms with Crippen LogP contribution in [0, 0.1) is 5.92 Å². The summed E-state index contributed by atoms with van der Waals surface area (Å²) in [5, 5.41) is 13.3. The molecule has 1 unspecified atom stereocenters. The van der Waals surface area contributed by atoms with Crippen LogP contribution < -0.4 is 5.32 Å². The van der Waals surface area contributed by atoms with Crippen molar-refractivity contribution in [1.82, 2.24) is 14.9 Å². The van der Waals surface area contributed by atoms with Gasteiger partial charge in [0.1, 0.15) is 11.5 Å². The molecule has 3 heterocycles. The standard InChI is InChI=1S/C26H33F3N4O3S/c1-14-7-6-10-33(14)23(35)19-21(37-22(31-19)20(34)15-8-9-25(5,36)12-15)16-13-30-18(32-24(2,3)4)11-17(16)26(27,28)29/h11,13-15,36H,6-10,12H2,1-5H3,(H,30,32)/t14-,15?,25-/m0/s1. The highest BCUT2D eigenvalue weighted by molar-refractivity contribution is 7.17. The normalized spacial score (nSPS) is 24.5. The Hall–Kier alpha value is -2.53. The Morgan fingerprint density at radius 3 is 2.49 bits per heavy atom. The van der Waals surface area contributed by atoms with Crippen molar-refractivity contribution in [1.29, 1.82) is 0 Å². The summed E-state index contributed by atoms with van der Waals surface area (Å²) in [4.78, 5) is 37.0. The van der Waals surface area contributed by atoms with Gasteiger partial charge in [-0.3, -0.25) is 9.59 Å². The lowest BCUT2D eigenvalue weighted by Gasteiger charge is -2.23. The third kappa shape index (κ3) is 5.98. The molecule has 1 saturated carbocycles. The smallest absolute Gasteiger partial charge is 0.390 e. The molecule has 3 atom stereocenters. The fourth-order valence-electron chi connectivity index (χ4n) is 5.07. The van der Waals surface area contributed by atoms with E-state index in [4.69, 9.17) is 0 Å². The fourth-order valence-corrected chi connectivity index (χ4v) is 6.17. The van der Waals surface area contributed by atoms with Crippen LogP contribution in [0.25, 0.3) is 10.4 Å². The zero-order valence-corrected chi connectivity index (χ0v) is 22.5. The number of amides is 1. The zero-order valence-electron chi connectivity index (χ0n) is 21.7. The molecule has 0 spiro atoms. The molecule has 0 aromatic carbocycles. The van der Waals surface area contributed by atoms with Gasteiger partial charge in [0.25, 0.3) is 5.91 Å². The van der Waals surface area contributed by atoms with Gasteiger partial charge in [-0.1, -0.05) is 0 Å². The first-order chi connectivity index (χ1) is 17.1. The quantitative estimate of drug-likeness (QED) is 0.468. The van der Waals surface area contributed by atoms with Crippen molar-refractivity contribution in [2.45, 2.75) is 90.1 Å². The minimum Gasteiger partial charge on any atom is -0.390 e. The van der Waals surface area contributed by atoms with E-state index >= 15 is 0 Å². The number of Topliss-reactive ketones (excluding diaryl/α,β-unsaturated/α-hetero) is 1. The topological polar surface area (TPSA) is 95.4 Å². The van der Waals surface area contributed by atoms with Crippen molar-refractivity contribution in [2.75, 3.05) is 11.9 Å². The van der Waals surface area contributed by atoms with Crippen molar-refractivity contribution in [3.05, 3.63) is 28.5 Å².